The minimum Gasteiger partial charge on any atom is -0.329 e. The third-order valence-corrected chi connectivity index (χ3v) is 5.43. The van der Waals surface area contributed by atoms with E-state index in [-0.39, 0.29) is 11.9 Å². The molecule has 118 valence electrons. The first-order chi connectivity index (χ1) is 9.82. The molecule has 0 aromatic heterocycles. The molecule has 0 bridgehead atoms. The summed E-state index contributed by atoms with van der Waals surface area (Å²) in [5.74, 6) is 0.552. The summed E-state index contributed by atoms with van der Waals surface area (Å²) in [6.45, 7) is 9.66. The maximum absolute atomic E-state index is 13.3. The SMILES string of the molecule is CC(C)(C)C1CCN(C(CN)c2ccc(F)cc2Br)CC1. The highest BCUT2D eigenvalue weighted by Crippen LogP contribution is 2.37. The molecular weight excluding hydrogens is 331 g/mol. The number of nitrogens with zero attached hydrogens (tertiary/aromatic N) is 1. The van der Waals surface area contributed by atoms with Gasteiger partial charge in [0.2, 0.25) is 0 Å². The molecule has 4 heteroatoms. The van der Waals surface area contributed by atoms with Crippen molar-refractivity contribution in [2.24, 2.45) is 17.1 Å². The van der Waals surface area contributed by atoms with Crippen LogP contribution in [-0.2, 0) is 0 Å². The Labute approximate surface area is 136 Å². The first-order valence-electron chi connectivity index (χ1n) is 7.72. The van der Waals surface area contributed by atoms with Crippen molar-refractivity contribution in [2.75, 3.05) is 19.6 Å². The number of hydrogen-bond donors (Lipinski definition) is 1. The minimum absolute atomic E-state index is 0.167. The Bertz CT molecular complexity index is 476. The number of halogens is 2. The summed E-state index contributed by atoms with van der Waals surface area (Å²) < 4.78 is 14.1. The van der Waals surface area contributed by atoms with Crippen LogP contribution in [0.15, 0.2) is 22.7 Å². The number of nitrogens with two attached hydrogens (primary N) is 1. The van der Waals surface area contributed by atoms with Crippen LogP contribution in [0.25, 0.3) is 0 Å². The summed E-state index contributed by atoms with van der Waals surface area (Å²) in [5, 5.41) is 0. The van der Waals surface area contributed by atoms with Gasteiger partial charge in [0.15, 0.2) is 0 Å². The first kappa shape index (κ1) is 16.9. The van der Waals surface area contributed by atoms with E-state index in [0.29, 0.717) is 12.0 Å². The molecule has 1 saturated heterocycles. The topological polar surface area (TPSA) is 29.3 Å². The van der Waals surface area contributed by atoms with Crippen LogP contribution in [0.5, 0.6) is 0 Å². The zero-order chi connectivity index (χ0) is 15.6. The van der Waals surface area contributed by atoms with Crippen LogP contribution in [0, 0.1) is 17.2 Å². The molecule has 2 nitrogen and oxygen atoms in total. The van der Waals surface area contributed by atoms with Gasteiger partial charge in [0, 0.05) is 17.1 Å². The highest BCUT2D eigenvalue weighted by atomic mass is 79.9. The highest BCUT2D eigenvalue weighted by Gasteiger charge is 2.31. The van der Waals surface area contributed by atoms with Crippen molar-refractivity contribution < 1.29 is 4.39 Å². The molecule has 1 aliphatic rings. The van der Waals surface area contributed by atoms with Gasteiger partial charge in [-0.2, -0.15) is 0 Å². The molecule has 1 aromatic carbocycles. The molecule has 1 unspecified atom stereocenters. The molecule has 2 N–H and O–H groups in total. The number of likely N-dealkylation sites (tertiary alicyclic amines) is 1. The van der Waals surface area contributed by atoms with Crippen molar-refractivity contribution >= 4 is 15.9 Å². The molecule has 21 heavy (non-hydrogen) atoms. The minimum atomic E-state index is -0.215. The highest BCUT2D eigenvalue weighted by molar-refractivity contribution is 9.10. The lowest BCUT2D eigenvalue weighted by molar-refractivity contribution is 0.0844. The molecule has 0 aliphatic carbocycles. The van der Waals surface area contributed by atoms with E-state index in [0.717, 1.165) is 29.0 Å². The summed E-state index contributed by atoms with van der Waals surface area (Å²) in [6, 6.07) is 5.07. The lowest BCUT2D eigenvalue weighted by atomic mass is 9.75. The Balaban J connectivity index is 2.09. The monoisotopic (exact) mass is 356 g/mol. The van der Waals surface area contributed by atoms with Gasteiger partial charge in [-0.3, -0.25) is 4.90 Å². The molecule has 1 atom stereocenters. The van der Waals surface area contributed by atoms with Gasteiger partial charge >= 0.3 is 0 Å². The van der Waals surface area contributed by atoms with E-state index in [4.69, 9.17) is 5.73 Å². The molecule has 1 heterocycles. The third kappa shape index (κ3) is 4.05. The molecule has 1 fully saturated rings. The summed E-state index contributed by atoms with van der Waals surface area (Å²) in [5.41, 5.74) is 7.47. The van der Waals surface area contributed by atoms with Crippen LogP contribution in [0.3, 0.4) is 0 Å². The van der Waals surface area contributed by atoms with Crippen molar-refractivity contribution in [1.82, 2.24) is 4.90 Å². The van der Waals surface area contributed by atoms with Gasteiger partial charge in [0.1, 0.15) is 5.82 Å². The van der Waals surface area contributed by atoms with Crippen LogP contribution >= 0.6 is 15.9 Å². The van der Waals surface area contributed by atoms with Gasteiger partial charge in [-0.05, 0) is 55.0 Å². The fraction of sp³-hybridized carbons (Fsp3) is 0.647. The normalized spacial score (nSPS) is 19.7. The van der Waals surface area contributed by atoms with Gasteiger partial charge < -0.3 is 5.73 Å². The molecule has 2 rings (SSSR count). The Kier molecular flexibility index (Phi) is 5.44. The maximum Gasteiger partial charge on any atom is 0.124 e. The second-order valence-corrected chi connectivity index (χ2v) is 7.95. The fourth-order valence-electron chi connectivity index (χ4n) is 3.32. The van der Waals surface area contributed by atoms with Crippen molar-refractivity contribution in [3.8, 4) is 0 Å². The van der Waals surface area contributed by atoms with Crippen LogP contribution in [-0.4, -0.2) is 24.5 Å². The average molecular weight is 357 g/mol. The third-order valence-electron chi connectivity index (χ3n) is 4.74. The van der Waals surface area contributed by atoms with Crippen LogP contribution in [0.1, 0.15) is 45.2 Å². The second kappa shape index (κ2) is 6.76. The Morgan fingerprint density at radius 2 is 1.95 bits per heavy atom. The van der Waals surface area contributed by atoms with Crippen molar-refractivity contribution in [3.05, 3.63) is 34.1 Å². The molecule has 1 aliphatic heterocycles. The fourth-order valence-corrected chi connectivity index (χ4v) is 3.94. The van der Waals surface area contributed by atoms with Crippen molar-refractivity contribution in [1.29, 1.82) is 0 Å². The summed E-state index contributed by atoms with van der Waals surface area (Å²) in [4.78, 5) is 2.44. The molecule has 1 aromatic rings. The largest absolute Gasteiger partial charge is 0.329 e. The number of benzene rings is 1. The van der Waals surface area contributed by atoms with E-state index in [1.165, 1.54) is 25.0 Å². The molecule has 0 amide bonds. The van der Waals surface area contributed by atoms with Crippen LogP contribution in [0.4, 0.5) is 4.39 Å². The first-order valence-corrected chi connectivity index (χ1v) is 8.51. The van der Waals surface area contributed by atoms with E-state index >= 15 is 0 Å². The average Bonchev–Trinajstić information content (AvgIpc) is 2.41. The predicted molar refractivity (Wildman–Crippen MR) is 89.6 cm³/mol. The Morgan fingerprint density at radius 1 is 1.33 bits per heavy atom. The zero-order valence-electron chi connectivity index (χ0n) is 13.2. The smallest absolute Gasteiger partial charge is 0.124 e. The maximum atomic E-state index is 13.3. The zero-order valence-corrected chi connectivity index (χ0v) is 14.8. The molecule has 0 spiro atoms. The summed E-state index contributed by atoms with van der Waals surface area (Å²) in [7, 11) is 0. The summed E-state index contributed by atoms with van der Waals surface area (Å²) >= 11 is 3.48. The Morgan fingerprint density at radius 3 is 2.43 bits per heavy atom. The van der Waals surface area contributed by atoms with Gasteiger partial charge in [-0.15, -0.1) is 0 Å². The molecule has 0 saturated carbocycles. The lowest BCUT2D eigenvalue weighted by Crippen LogP contribution is -2.42. The molecule has 0 radical (unpaired) electrons. The van der Waals surface area contributed by atoms with Gasteiger partial charge in [-0.25, -0.2) is 4.39 Å². The lowest BCUT2D eigenvalue weighted by Gasteiger charge is -2.42. The van der Waals surface area contributed by atoms with Crippen LogP contribution < -0.4 is 5.73 Å². The quantitative estimate of drug-likeness (QED) is 0.872. The van der Waals surface area contributed by atoms with E-state index in [2.05, 4.69) is 41.6 Å². The standard InChI is InChI=1S/C17H26BrFN2/c1-17(2,3)12-6-8-21(9-7-12)16(11-20)14-5-4-13(19)10-15(14)18/h4-5,10,12,16H,6-9,11,20H2,1-3H3. The van der Waals surface area contributed by atoms with E-state index in [9.17, 15) is 4.39 Å². The summed E-state index contributed by atoms with van der Waals surface area (Å²) in [6.07, 6.45) is 2.41. The Hall–Kier alpha value is -0.450. The van der Waals surface area contributed by atoms with Crippen molar-refractivity contribution in [3.63, 3.8) is 0 Å². The number of hydrogen-bond acceptors (Lipinski definition) is 2. The van der Waals surface area contributed by atoms with Crippen molar-refractivity contribution in [2.45, 2.75) is 39.7 Å². The second-order valence-electron chi connectivity index (χ2n) is 7.09. The van der Waals surface area contributed by atoms with E-state index in [1.54, 1.807) is 0 Å². The predicted octanol–water partition coefficient (Wildman–Crippen LogP) is 4.35. The number of piperidine rings is 1. The molecular formula is C17H26BrFN2. The van der Waals surface area contributed by atoms with Gasteiger partial charge in [-0.1, -0.05) is 42.8 Å². The van der Waals surface area contributed by atoms with E-state index < -0.39 is 0 Å². The van der Waals surface area contributed by atoms with Crippen LogP contribution in [0.2, 0.25) is 0 Å². The number of rotatable bonds is 3. The van der Waals surface area contributed by atoms with Gasteiger partial charge in [0.25, 0.3) is 0 Å². The van der Waals surface area contributed by atoms with E-state index in [1.807, 2.05) is 6.07 Å². The van der Waals surface area contributed by atoms with Gasteiger partial charge in [0.05, 0.1) is 0 Å².